The molecule has 0 aromatic carbocycles. The van der Waals surface area contributed by atoms with Crippen molar-refractivity contribution in [3.05, 3.63) is 0 Å². The van der Waals surface area contributed by atoms with Crippen molar-refractivity contribution >= 4 is 5.97 Å². The fourth-order valence-corrected chi connectivity index (χ4v) is 1.58. The van der Waals surface area contributed by atoms with E-state index in [2.05, 4.69) is 4.74 Å². The molecule has 1 fully saturated rings. The van der Waals surface area contributed by atoms with Gasteiger partial charge in [0.25, 0.3) is 0 Å². The lowest BCUT2D eigenvalue weighted by molar-refractivity contribution is -0.338. The summed E-state index contributed by atoms with van der Waals surface area (Å²) in [5.41, 5.74) is 2.85. The number of carboxylic acid groups (broad SMARTS) is 1. The summed E-state index contributed by atoms with van der Waals surface area (Å²) in [5.74, 6) is -1.33. The van der Waals surface area contributed by atoms with Crippen LogP contribution in [0.5, 0.6) is 0 Å². The smallest absolute Gasteiger partial charge is 0.332 e. The molecule has 0 saturated carbocycles. The third kappa shape index (κ3) is 2.78. The van der Waals surface area contributed by atoms with E-state index in [1.165, 1.54) is 6.92 Å². The fraction of sp³-hybridized carbons (Fsp3) is 0.889. The number of nitrogens with two attached hydrogens (primary N) is 1. The second kappa shape index (κ2) is 5.45. The molecular formula is C9H17NO8. The van der Waals surface area contributed by atoms with E-state index in [0.717, 1.165) is 0 Å². The van der Waals surface area contributed by atoms with Crippen LogP contribution in [0, 0.1) is 0 Å². The Kier molecular flexibility index (Phi) is 4.61. The summed E-state index contributed by atoms with van der Waals surface area (Å²) in [6, 6.07) is 0. The van der Waals surface area contributed by atoms with E-state index >= 15 is 0 Å². The van der Waals surface area contributed by atoms with E-state index in [-0.39, 0.29) is 0 Å². The molecule has 1 aliphatic heterocycles. The van der Waals surface area contributed by atoms with Crippen molar-refractivity contribution in [2.75, 3.05) is 6.61 Å². The van der Waals surface area contributed by atoms with Crippen LogP contribution < -0.4 is 5.73 Å². The van der Waals surface area contributed by atoms with Gasteiger partial charge in [-0.15, -0.1) is 0 Å². The number of aliphatic hydroxyl groups is 4. The predicted molar refractivity (Wildman–Crippen MR) is 55.1 cm³/mol. The van der Waals surface area contributed by atoms with Crippen LogP contribution in [-0.2, 0) is 14.3 Å². The molecule has 1 rings (SSSR count). The van der Waals surface area contributed by atoms with Gasteiger partial charge in [0.15, 0.2) is 11.8 Å². The molecule has 9 nitrogen and oxygen atoms in total. The summed E-state index contributed by atoms with van der Waals surface area (Å²) in [7, 11) is 0. The van der Waals surface area contributed by atoms with Crippen molar-refractivity contribution in [3.8, 4) is 0 Å². The van der Waals surface area contributed by atoms with Gasteiger partial charge in [-0.25, -0.2) is 4.79 Å². The van der Waals surface area contributed by atoms with E-state index in [9.17, 15) is 20.1 Å². The number of carboxylic acids is 1. The third-order valence-electron chi connectivity index (χ3n) is 2.72. The van der Waals surface area contributed by atoms with E-state index < -0.39 is 49.0 Å². The fourth-order valence-electron chi connectivity index (χ4n) is 1.58. The summed E-state index contributed by atoms with van der Waals surface area (Å²) in [4.78, 5) is 10.7. The Hall–Kier alpha value is -0.810. The highest BCUT2D eigenvalue weighted by Crippen LogP contribution is 2.28. The zero-order valence-corrected chi connectivity index (χ0v) is 9.63. The molecular weight excluding hydrogens is 250 g/mol. The Morgan fingerprint density at radius 3 is 2.56 bits per heavy atom. The molecule has 1 aliphatic rings. The highest BCUT2D eigenvalue weighted by atomic mass is 16.7. The van der Waals surface area contributed by atoms with Crippen LogP contribution in [0.4, 0.5) is 0 Å². The molecule has 6 atom stereocenters. The second-order valence-electron chi connectivity index (χ2n) is 4.12. The largest absolute Gasteiger partial charge is 0.479 e. The van der Waals surface area contributed by atoms with Gasteiger partial charge in [-0.05, 0) is 6.92 Å². The maximum atomic E-state index is 10.7. The van der Waals surface area contributed by atoms with Crippen LogP contribution in [0.15, 0.2) is 0 Å². The first-order valence-electron chi connectivity index (χ1n) is 5.23. The quantitative estimate of drug-likeness (QED) is 0.284. The van der Waals surface area contributed by atoms with Crippen molar-refractivity contribution in [2.24, 2.45) is 5.73 Å². The highest BCUT2D eigenvalue weighted by molar-refractivity contribution is 5.71. The summed E-state index contributed by atoms with van der Waals surface area (Å²) >= 11 is 0. The van der Waals surface area contributed by atoms with Crippen molar-refractivity contribution in [1.82, 2.24) is 0 Å². The van der Waals surface area contributed by atoms with Gasteiger partial charge in [0.2, 0.25) is 6.29 Å². The predicted octanol–water partition coefficient (Wildman–Crippen LogP) is -3.44. The topological polar surface area (TPSA) is 163 Å². The van der Waals surface area contributed by atoms with Gasteiger partial charge in [0.1, 0.15) is 18.3 Å². The number of aliphatic carboxylic acids is 1. The maximum absolute atomic E-state index is 10.7. The van der Waals surface area contributed by atoms with Gasteiger partial charge in [-0.1, -0.05) is 0 Å². The van der Waals surface area contributed by atoms with Crippen molar-refractivity contribution in [1.29, 1.82) is 0 Å². The Balaban J connectivity index is 2.90. The summed E-state index contributed by atoms with van der Waals surface area (Å²) in [6.45, 7) is 0.510. The third-order valence-corrected chi connectivity index (χ3v) is 2.72. The lowest BCUT2D eigenvalue weighted by Gasteiger charge is -2.46. The van der Waals surface area contributed by atoms with E-state index in [1.54, 1.807) is 0 Å². The van der Waals surface area contributed by atoms with Crippen molar-refractivity contribution in [3.63, 3.8) is 0 Å². The van der Waals surface area contributed by atoms with Gasteiger partial charge in [-0.2, -0.15) is 0 Å². The van der Waals surface area contributed by atoms with E-state index in [4.69, 9.17) is 20.7 Å². The molecule has 0 aliphatic carbocycles. The number of aliphatic hydroxyl groups excluding tert-OH is 3. The molecule has 1 saturated heterocycles. The Bertz CT molecular complexity index is 309. The average molecular weight is 267 g/mol. The number of carbonyl (C=O) groups is 1. The molecule has 0 amide bonds. The molecule has 18 heavy (non-hydrogen) atoms. The minimum Gasteiger partial charge on any atom is -0.479 e. The number of hydrogen-bond donors (Lipinski definition) is 6. The van der Waals surface area contributed by atoms with E-state index in [1.807, 2.05) is 0 Å². The van der Waals surface area contributed by atoms with Gasteiger partial charge in [-0.3, -0.25) is 5.73 Å². The van der Waals surface area contributed by atoms with Crippen LogP contribution in [0.2, 0.25) is 0 Å². The Labute approximate surface area is 102 Å². The van der Waals surface area contributed by atoms with Crippen LogP contribution in [0.3, 0.4) is 0 Å². The molecule has 0 aromatic heterocycles. The first kappa shape index (κ1) is 15.2. The Morgan fingerprint density at radius 1 is 1.56 bits per heavy atom. The van der Waals surface area contributed by atoms with Crippen molar-refractivity contribution < 1.29 is 39.8 Å². The molecule has 0 spiro atoms. The SMILES string of the molecule is C[C@@H](O[C@H]1[C@H](O)[C@@H](CO)OC(O)[C@]1(N)O)C(=O)O. The van der Waals surface area contributed by atoms with Gasteiger partial charge in [0.05, 0.1) is 6.61 Å². The molecule has 106 valence electrons. The zero-order valence-electron chi connectivity index (χ0n) is 9.63. The van der Waals surface area contributed by atoms with Gasteiger partial charge >= 0.3 is 5.97 Å². The van der Waals surface area contributed by atoms with Gasteiger partial charge in [0, 0.05) is 0 Å². The minimum atomic E-state index is -2.49. The number of rotatable bonds is 4. The minimum absolute atomic E-state index is 0.657. The zero-order chi connectivity index (χ0) is 14.1. The molecule has 0 bridgehead atoms. The normalized spacial score (nSPS) is 42.6. The molecule has 7 N–H and O–H groups in total. The first-order valence-corrected chi connectivity index (χ1v) is 5.23. The molecule has 9 heteroatoms. The molecule has 0 radical (unpaired) electrons. The summed E-state index contributed by atoms with van der Waals surface area (Å²) < 4.78 is 9.60. The number of hydrogen-bond acceptors (Lipinski definition) is 8. The maximum Gasteiger partial charge on any atom is 0.332 e. The first-order chi connectivity index (χ1) is 8.21. The summed E-state index contributed by atoms with van der Waals surface area (Å²) in [5, 5.41) is 46.6. The lowest BCUT2D eigenvalue weighted by atomic mass is 9.94. The van der Waals surface area contributed by atoms with Crippen LogP contribution >= 0.6 is 0 Å². The Morgan fingerprint density at radius 2 is 2.11 bits per heavy atom. The van der Waals surface area contributed by atoms with E-state index in [0.29, 0.717) is 0 Å². The monoisotopic (exact) mass is 267 g/mol. The number of ether oxygens (including phenoxy) is 2. The summed E-state index contributed by atoms with van der Waals surface area (Å²) in [6.07, 6.45) is -7.75. The van der Waals surface area contributed by atoms with Crippen LogP contribution in [0.25, 0.3) is 0 Å². The molecule has 1 unspecified atom stereocenters. The second-order valence-corrected chi connectivity index (χ2v) is 4.12. The van der Waals surface area contributed by atoms with Crippen LogP contribution in [-0.4, -0.2) is 74.5 Å². The molecule has 0 aromatic rings. The van der Waals surface area contributed by atoms with Crippen molar-refractivity contribution in [2.45, 2.75) is 43.4 Å². The lowest BCUT2D eigenvalue weighted by Crippen LogP contribution is -2.72. The molecule has 1 heterocycles. The average Bonchev–Trinajstić information content (AvgIpc) is 2.29. The van der Waals surface area contributed by atoms with Crippen LogP contribution in [0.1, 0.15) is 6.92 Å². The standard InChI is InChI=1S/C9H17NO8/c1-3(7(13)14)17-6-5(12)4(2-11)18-8(15)9(6,10)16/h3-6,8,11-12,15-16H,2,10H2,1H3,(H,13,14)/t3-,4-,5-,6+,8?,9-/m1/s1. The highest BCUT2D eigenvalue weighted by Gasteiger charge is 2.54. The van der Waals surface area contributed by atoms with Gasteiger partial charge < -0.3 is 35.0 Å².